The van der Waals surface area contributed by atoms with E-state index in [2.05, 4.69) is 10.4 Å². The normalized spacial score (nSPS) is 20.2. The Morgan fingerprint density at radius 3 is 2.76 bits per heavy atom. The predicted octanol–water partition coefficient (Wildman–Crippen LogP) is 1.45. The summed E-state index contributed by atoms with van der Waals surface area (Å²) in [6.45, 7) is 7.35. The average molecular weight is 396 g/mol. The summed E-state index contributed by atoms with van der Waals surface area (Å²) in [6.07, 6.45) is 2.26. The summed E-state index contributed by atoms with van der Waals surface area (Å²) in [5, 5.41) is 7.78. The molecule has 1 N–H and O–H groups in total. The van der Waals surface area contributed by atoms with Gasteiger partial charge in [-0.05, 0) is 38.8 Å². The van der Waals surface area contributed by atoms with Crippen LogP contribution in [0, 0.1) is 13.8 Å². The van der Waals surface area contributed by atoms with E-state index in [0.29, 0.717) is 19.5 Å². The van der Waals surface area contributed by atoms with Gasteiger partial charge in [0.05, 0.1) is 24.3 Å². The second-order valence-corrected chi connectivity index (χ2v) is 7.97. The number of hydrogen-bond acceptors (Lipinski definition) is 4. The average Bonchev–Trinajstić information content (AvgIpc) is 3.03. The SMILES string of the molecule is Cc1nn(-c2ccccc2)c(C)c1CC(=O)N1CCCC(N2CCNCC2=O)C1. The minimum atomic E-state index is 0.121. The van der Waals surface area contributed by atoms with Crippen LogP contribution in [0.3, 0.4) is 0 Å². The zero-order valence-electron chi connectivity index (χ0n) is 17.2. The zero-order chi connectivity index (χ0) is 20.4. The van der Waals surface area contributed by atoms with Crippen LogP contribution in [0.1, 0.15) is 29.8 Å². The maximum atomic E-state index is 13.1. The van der Waals surface area contributed by atoms with E-state index in [0.717, 1.165) is 55.1 Å². The van der Waals surface area contributed by atoms with Gasteiger partial charge < -0.3 is 15.1 Å². The van der Waals surface area contributed by atoms with Crippen molar-refractivity contribution >= 4 is 11.8 Å². The first kappa shape index (κ1) is 19.6. The summed E-state index contributed by atoms with van der Waals surface area (Å²) < 4.78 is 1.91. The topological polar surface area (TPSA) is 70.5 Å². The third kappa shape index (κ3) is 4.05. The number of carbonyl (C=O) groups is 2. The van der Waals surface area contributed by atoms with Crippen LogP contribution in [0.15, 0.2) is 30.3 Å². The minimum absolute atomic E-state index is 0.121. The molecular formula is C22H29N5O2. The van der Waals surface area contributed by atoms with Crippen molar-refractivity contribution in [2.45, 2.75) is 39.2 Å². The van der Waals surface area contributed by atoms with E-state index in [1.54, 1.807) is 0 Å². The highest BCUT2D eigenvalue weighted by Crippen LogP contribution is 2.21. The predicted molar refractivity (Wildman–Crippen MR) is 111 cm³/mol. The van der Waals surface area contributed by atoms with Gasteiger partial charge in [0.2, 0.25) is 11.8 Å². The Bertz CT molecular complexity index is 892. The number of piperazine rings is 1. The van der Waals surface area contributed by atoms with Crippen LogP contribution in [-0.2, 0) is 16.0 Å². The lowest BCUT2D eigenvalue weighted by Gasteiger charge is -2.41. The molecule has 2 aliphatic heterocycles. The molecule has 2 aliphatic rings. The molecule has 2 fully saturated rings. The Hall–Kier alpha value is -2.67. The van der Waals surface area contributed by atoms with E-state index >= 15 is 0 Å². The minimum Gasteiger partial charge on any atom is -0.340 e. The molecule has 29 heavy (non-hydrogen) atoms. The van der Waals surface area contributed by atoms with Crippen LogP contribution in [0.2, 0.25) is 0 Å². The molecule has 1 unspecified atom stereocenters. The van der Waals surface area contributed by atoms with Crippen LogP contribution in [-0.4, -0.2) is 70.2 Å². The lowest BCUT2D eigenvalue weighted by Crippen LogP contribution is -2.57. The van der Waals surface area contributed by atoms with E-state index in [1.165, 1.54) is 0 Å². The van der Waals surface area contributed by atoms with Gasteiger partial charge in [-0.3, -0.25) is 9.59 Å². The van der Waals surface area contributed by atoms with Crippen LogP contribution in [0.4, 0.5) is 0 Å². The molecule has 0 aliphatic carbocycles. The van der Waals surface area contributed by atoms with Gasteiger partial charge in [-0.15, -0.1) is 0 Å². The Labute approximate surface area is 171 Å². The first-order valence-corrected chi connectivity index (χ1v) is 10.4. The molecule has 1 aromatic carbocycles. The second kappa shape index (κ2) is 8.37. The number of hydrogen-bond donors (Lipinski definition) is 1. The molecule has 2 amide bonds. The van der Waals surface area contributed by atoms with Crippen LogP contribution in [0.25, 0.3) is 5.69 Å². The maximum Gasteiger partial charge on any atom is 0.236 e. The zero-order valence-corrected chi connectivity index (χ0v) is 17.2. The highest BCUT2D eigenvalue weighted by Gasteiger charge is 2.32. The lowest BCUT2D eigenvalue weighted by molar-refractivity contribution is -0.140. The summed E-state index contributed by atoms with van der Waals surface area (Å²) in [6, 6.07) is 10.1. The molecule has 0 saturated carbocycles. The fourth-order valence-corrected chi connectivity index (χ4v) is 4.46. The first-order valence-electron chi connectivity index (χ1n) is 10.4. The molecule has 0 spiro atoms. The van der Waals surface area contributed by atoms with E-state index in [9.17, 15) is 9.59 Å². The van der Waals surface area contributed by atoms with Crippen molar-refractivity contribution in [3.63, 3.8) is 0 Å². The molecule has 1 atom stereocenters. The number of carbonyl (C=O) groups excluding carboxylic acids is 2. The quantitative estimate of drug-likeness (QED) is 0.851. The van der Waals surface area contributed by atoms with Crippen LogP contribution in [0.5, 0.6) is 0 Å². The number of likely N-dealkylation sites (tertiary alicyclic amines) is 1. The number of rotatable bonds is 4. The highest BCUT2D eigenvalue weighted by molar-refractivity contribution is 5.81. The smallest absolute Gasteiger partial charge is 0.236 e. The van der Waals surface area contributed by atoms with Crippen molar-refractivity contribution in [3.8, 4) is 5.69 Å². The summed E-state index contributed by atoms with van der Waals surface area (Å²) in [5.41, 5.74) is 3.90. The van der Waals surface area contributed by atoms with Crippen molar-refractivity contribution in [1.82, 2.24) is 24.9 Å². The Kier molecular flexibility index (Phi) is 5.67. The van der Waals surface area contributed by atoms with Gasteiger partial charge >= 0.3 is 0 Å². The van der Waals surface area contributed by atoms with Crippen molar-refractivity contribution in [1.29, 1.82) is 0 Å². The second-order valence-electron chi connectivity index (χ2n) is 7.97. The fourth-order valence-electron chi connectivity index (χ4n) is 4.46. The number of nitrogens with one attached hydrogen (secondary N) is 1. The van der Waals surface area contributed by atoms with Gasteiger partial charge in [0.1, 0.15) is 0 Å². The van der Waals surface area contributed by atoms with Gasteiger partial charge in [0.25, 0.3) is 0 Å². The molecule has 7 nitrogen and oxygen atoms in total. The highest BCUT2D eigenvalue weighted by atomic mass is 16.2. The summed E-state index contributed by atoms with van der Waals surface area (Å²) >= 11 is 0. The van der Waals surface area contributed by atoms with E-state index in [1.807, 2.05) is 58.7 Å². The molecule has 0 radical (unpaired) electrons. The van der Waals surface area contributed by atoms with Gasteiger partial charge in [-0.2, -0.15) is 5.10 Å². The Morgan fingerprint density at radius 1 is 1.21 bits per heavy atom. The van der Waals surface area contributed by atoms with Crippen molar-refractivity contribution in [2.24, 2.45) is 0 Å². The largest absolute Gasteiger partial charge is 0.340 e. The third-order valence-electron chi connectivity index (χ3n) is 6.09. The molecule has 2 aromatic rings. The molecule has 154 valence electrons. The van der Waals surface area contributed by atoms with Crippen molar-refractivity contribution in [2.75, 3.05) is 32.7 Å². The summed E-state index contributed by atoms with van der Waals surface area (Å²) in [5.74, 6) is 0.266. The number of nitrogens with zero attached hydrogens (tertiary/aromatic N) is 4. The molecule has 0 bridgehead atoms. The van der Waals surface area contributed by atoms with E-state index in [-0.39, 0.29) is 17.9 Å². The van der Waals surface area contributed by atoms with E-state index in [4.69, 9.17) is 0 Å². The molecule has 2 saturated heterocycles. The lowest BCUT2D eigenvalue weighted by atomic mass is 10.0. The van der Waals surface area contributed by atoms with Crippen molar-refractivity contribution < 1.29 is 9.59 Å². The van der Waals surface area contributed by atoms with Gasteiger partial charge in [0.15, 0.2) is 0 Å². The maximum absolute atomic E-state index is 13.1. The number of aryl methyl sites for hydroxylation is 1. The molecule has 3 heterocycles. The first-order chi connectivity index (χ1) is 14.0. The van der Waals surface area contributed by atoms with Crippen LogP contribution >= 0.6 is 0 Å². The van der Waals surface area contributed by atoms with E-state index < -0.39 is 0 Å². The van der Waals surface area contributed by atoms with Gasteiger partial charge in [-0.1, -0.05) is 18.2 Å². The fraction of sp³-hybridized carbons (Fsp3) is 0.500. The molecule has 4 rings (SSSR count). The standard InChI is InChI=1S/C22H29N5O2/c1-16-20(17(2)27(24-16)18-7-4-3-5-8-18)13-21(28)25-11-6-9-19(15-25)26-12-10-23-14-22(26)29/h3-5,7-8,19,23H,6,9-15H2,1-2H3. The number of benzene rings is 1. The Balaban J connectivity index is 1.47. The van der Waals surface area contributed by atoms with Crippen molar-refractivity contribution in [3.05, 3.63) is 47.3 Å². The molecular weight excluding hydrogens is 366 g/mol. The molecule has 7 heteroatoms. The third-order valence-corrected chi connectivity index (χ3v) is 6.09. The van der Waals surface area contributed by atoms with Crippen LogP contribution < -0.4 is 5.32 Å². The van der Waals surface area contributed by atoms with Gasteiger partial charge in [-0.25, -0.2) is 4.68 Å². The Morgan fingerprint density at radius 2 is 2.00 bits per heavy atom. The summed E-state index contributed by atoms with van der Waals surface area (Å²) in [4.78, 5) is 29.2. The number of piperidine rings is 1. The number of aromatic nitrogens is 2. The monoisotopic (exact) mass is 395 g/mol. The molecule has 1 aromatic heterocycles. The summed E-state index contributed by atoms with van der Waals surface area (Å²) in [7, 11) is 0. The van der Waals surface area contributed by atoms with Gasteiger partial charge in [0, 0.05) is 43.5 Å². The number of amides is 2. The number of para-hydroxylation sites is 1.